The van der Waals surface area contributed by atoms with Crippen LogP contribution >= 0.6 is 45.9 Å². The van der Waals surface area contributed by atoms with Crippen molar-refractivity contribution in [3.05, 3.63) is 118 Å². The normalized spacial score (nSPS) is 16.5. The molecule has 0 spiro atoms. The zero-order chi connectivity index (χ0) is 53.2. The predicted molar refractivity (Wildman–Crippen MR) is 298 cm³/mol. The number of nitrogens with zero attached hydrogens (tertiary/aromatic N) is 5. The summed E-state index contributed by atoms with van der Waals surface area (Å²) in [5.41, 5.74) is 13.7. The van der Waals surface area contributed by atoms with Crippen LogP contribution in [0.2, 0.25) is 0 Å². The van der Waals surface area contributed by atoms with Gasteiger partial charge in [0.1, 0.15) is 15.3 Å². The number of allylic oxidation sites excluding steroid dienone is 2. The molecule has 3 aliphatic rings. The summed E-state index contributed by atoms with van der Waals surface area (Å²) < 4.78 is 11.7. The molecule has 14 nitrogen and oxygen atoms in total. The van der Waals surface area contributed by atoms with Gasteiger partial charge in [0.25, 0.3) is 0 Å². The van der Waals surface area contributed by atoms with Crippen molar-refractivity contribution in [1.82, 2.24) is 28.5 Å². The number of fused-ring (bicyclic) bond motifs is 8. The average molecular weight is 1080 g/mol. The molecule has 2 unspecified atom stereocenters. The number of nitrogens with one attached hydrogen (secondary N) is 1. The molecule has 2 aliphatic heterocycles. The number of amides is 1. The van der Waals surface area contributed by atoms with E-state index in [4.69, 9.17) is 10.5 Å². The van der Waals surface area contributed by atoms with Crippen molar-refractivity contribution in [3.63, 3.8) is 0 Å². The van der Waals surface area contributed by atoms with Gasteiger partial charge in [-0.05, 0) is 162 Å². The molecule has 11 rings (SSSR count). The quantitative estimate of drug-likeness (QED) is 0.0810. The molecule has 18 heteroatoms. The Morgan fingerprint density at radius 1 is 0.770 bits per heavy atom. The third kappa shape index (κ3) is 12.0. The fraction of sp³-hybridized carbons (Fsp3) is 0.357. The number of para-hydroxylation sites is 2. The molecule has 0 saturated heterocycles. The number of hydrogen-bond donors (Lipinski definition) is 2. The van der Waals surface area contributed by atoms with Crippen LogP contribution in [0.5, 0.6) is 0 Å². The van der Waals surface area contributed by atoms with Crippen molar-refractivity contribution in [2.75, 3.05) is 41.3 Å². The van der Waals surface area contributed by atoms with Crippen LogP contribution in [-0.4, -0.2) is 109 Å². The molecular formula is C56H61Cl2N7O7S2. The van der Waals surface area contributed by atoms with E-state index in [1.807, 2.05) is 55.9 Å². The molecule has 388 valence electrons. The zero-order valence-corrected chi connectivity index (χ0v) is 45.8. The molecular weight excluding hydrogens is 1020 g/mol. The van der Waals surface area contributed by atoms with E-state index in [1.165, 1.54) is 64.1 Å². The number of ether oxygens (including phenoxy) is 1. The Morgan fingerprint density at radius 2 is 1.38 bits per heavy atom. The third-order valence-corrected chi connectivity index (χ3v) is 15.5. The van der Waals surface area contributed by atoms with E-state index >= 15 is 0 Å². The molecule has 8 aromatic rings. The van der Waals surface area contributed by atoms with Crippen LogP contribution in [0.1, 0.15) is 68.1 Å². The van der Waals surface area contributed by atoms with Crippen molar-refractivity contribution in [3.8, 4) is 0 Å². The summed E-state index contributed by atoms with van der Waals surface area (Å²) in [4.78, 5) is 78.2. The average Bonchev–Trinajstić information content (AvgIpc) is 4.20. The Hall–Kier alpha value is -6.14. The lowest BCUT2D eigenvalue weighted by Crippen LogP contribution is -2.29. The van der Waals surface area contributed by atoms with Crippen LogP contribution in [-0.2, 0) is 61.1 Å². The molecule has 8 heterocycles. The van der Waals surface area contributed by atoms with Gasteiger partial charge >= 0.3 is 16.6 Å². The number of Topliss-reactive ketones (excluding diaryl/α,β-unsaturated/α-hetero) is 2. The van der Waals surface area contributed by atoms with Crippen LogP contribution < -0.4 is 5.73 Å². The van der Waals surface area contributed by atoms with Crippen molar-refractivity contribution in [2.45, 2.75) is 78.0 Å². The minimum atomic E-state index is -1.14. The highest BCUT2D eigenvalue weighted by molar-refractivity contribution is 7.17. The Bertz CT molecular complexity index is 3460. The van der Waals surface area contributed by atoms with Crippen LogP contribution in [0, 0.1) is 11.8 Å². The second kappa shape index (κ2) is 22.8. The zero-order valence-electron chi connectivity index (χ0n) is 42.6. The lowest BCUT2D eigenvalue weighted by atomic mass is 9.89. The monoisotopic (exact) mass is 1080 g/mol. The summed E-state index contributed by atoms with van der Waals surface area (Å²) in [6.07, 6.45) is 7.72. The van der Waals surface area contributed by atoms with Gasteiger partial charge in [-0.2, -0.15) is 0 Å². The lowest BCUT2D eigenvalue weighted by molar-refractivity contribution is -0.127. The second-order valence-corrected chi connectivity index (χ2v) is 23.0. The van der Waals surface area contributed by atoms with Gasteiger partial charge in [-0.25, -0.2) is 9.36 Å². The van der Waals surface area contributed by atoms with Gasteiger partial charge in [0.2, 0.25) is 5.91 Å². The molecule has 0 fully saturated rings. The maximum absolute atomic E-state index is 13.3. The number of rotatable bonds is 9. The maximum Gasteiger partial charge on any atom is 0.419 e. The number of carbonyl (C=O) groups excluding carboxylic acids is 6. The Labute approximate surface area is 447 Å². The first kappa shape index (κ1) is 54.1. The smallest absolute Gasteiger partial charge is 0.419 e. The molecule has 1 amide bonds. The first-order chi connectivity index (χ1) is 35.2. The van der Waals surface area contributed by atoms with E-state index in [0.717, 1.165) is 79.9 Å². The number of aromatic nitrogens is 4. The third-order valence-electron chi connectivity index (χ3n) is 13.3. The summed E-state index contributed by atoms with van der Waals surface area (Å²) in [6.45, 7) is 9.78. The van der Waals surface area contributed by atoms with Gasteiger partial charge in [-0.15, -0.1) is 22.7 Å². The van der Waals surface area contributed by atoms with Gasteiger partial charge in [0, 0.05) is 99.4 Å². The number of aryl methyl sites for hydroxylation is 2. The molecule has 6 aromatic heterocycles. The van der Waals surface area contributed by atoms with E-state index in [-0.39, 0.29) is 24.4 Å². The van der Waals surface area contributed by atoms with Crippen LogP contribution in [0.15, 0.2) is 89.9 Å². The first-order valence-electron chi connectivity index (χ1n) is 24.5. The largest absolute Gasteiger partial charge is 0.443 e. The number of aromatic amines is 1. The fourth-order valence-electron chi connectivity index (χ4n) is 10.5. The summed E-state index contributed by atoms with van der Waals surface area (Å²) in [5.74, 6) is 0.814. The number of H-pyrrole nitrogens is 1. The summed E-state index contributed by atoms with van der Waals surface area (Å²) in [6, 6.07) is 23.4. The van der Waals surface area contributed by atoms with Crippen LogP contribution in [0.3, 0.4) is 0 Å². The SMILES string of the molecule is CC(C)(C)OC(=O)n1cc(CC(N)=O)c2ccsc21.CN(C)CC1CCn2c(c(C3=C(c4c[nH]c5sccc45)C(=O)CC3=O)c3ccccc32)C1.CN(C)CC1CCn2c(cc3ccccc32)C1.O=C(Cl)C(=O)Cl. The second-order valence-electron chi connectivity index (χ2n) is 20.6. The van der Waals surface area contributed by atoms with Gasteiger partial charge in [-0.3, -0.25) is 24.0 Å². The minimum Gasteiger partial charge on any atom is -0.443 e. The van der Waals surface area contributed by atoms with E-state index in [0.29, 0.717) is 17.1 Å². The number of nitrogens with two attached hydrogens (primary N) is 1. The number of thiophene rings is 2. The molecule has 1 aliphatic carbocycles. The number of carbonyl (C=O) groups is 6. The summed E-state index contributed by atoms with van der Waals surface area (Å²) in [7, 11) is 8.57. The number of halogens is 2. The molecule has 3 N–H and O–H groups in total. The molecule has 0 saturated carbocycles. The highest BCUT2D eigenvalue weighted by Gasteiger charge is 2.38. The van der Waals surface area contributed by atoms with E-state index in [2.05, 4.69) is 124 Å². The number of benzene rings is 2. The Balaban J connectivity index is 0.000000149. The minimum absolute atomic E-state index is 0.0401. The van der Waals surface area contributed by atoms with Gasteiger partial charge in [-0.1, -0.05) is 36.4 Å². The molecule has 74 heavy (non-hydrogen) atoms. The van der Waals surface area contributed by atoms with E-state index < -0.39 is 28.1 Å². The molecule has 2 atom stereocenters. The van der Waals surface area contributed by atoms with E-state index in [1.54, 1.807) is 17.5 Å². The first-order valence-corrected chi connectivity index (χ1v) is 27.0. The molecule has 0 radical (unpaired) electrons. The number of hydrogen-bond acceptors (Lipinski definition) is 11. The molecule has 2 aromatic carbocycles. The van der Waals surface area contributed by atoms with Gasteiger partial charge < -0.3 is 34.4 Å². The highest BCUT2D eigenvalue weighted by atomic mass is 35.5. The van der Waals surface area contributed by atoms with Crippen molar-refractivity contribution in [1.29, 1.82) is 0 Å². The molecule has 0 bridgehead atoms. The standard InChI is InChI=1S/C26H25N3O2S.C15H20N2.C13H16N2O3S.C2Cl2O2/c1-28(2)14-15-7-9-29-19-6-4-3-5-17(19)23(20(29)11-15)25-22(31)12-21(30)24(25)18-13-27-26-16(18)8-10-32-26;1-16(2)11-12-7-8-17-14(9-12)10-13-5-3-4-6-15(13)17;1-13(2,3)18-12(17)15-7-8(6-10(14)16)9-4-5-19-11(9)15;3-1(5)2(4)6/h3-6,8,10,13,15,27H,7,9,11-12,14H2,1-2H3;3-6,10,12H,7-9,11H2,1-2H3;4-5,7H,6H2,1-3H3,(H2,14,16);. The van der Waals surface area contributed by atoms with E-state index in [9.17, 15) is 28.8 Å². The van der Waals surface area contributed by atoms with Crippen LogP contribution in [0.25, 0.3) is 53.4 Å². The lowest BCUT2D eigenvalue weighted by Gasteiger charge is -2.28. The summed E-state index contributed by atoms with van der Waals surface area (Å²) >= 11 is 12.0. The predicted octanol–water partition coefficient (Wildman–Crippen LogP) is 10.6. The van der Waals surface area contributed by atoms with Gasteiger partial charge in [0.05, 0.1) is 12.8 Å². The van der Waals surface area contributed by atoms with Gasteiger partial charge in [0.15, 0.2) is 11.6 Å². The van der Waals surface area contributed by atoms with Crippen LogP contribution in [0.4, 0.5) is 4.79 Å². The van der Waals surface area contributed by atoms with Crippen molar-refractivity contribution >= 4 is 133 Å². The maximum atomic E-state index is 13.3. The fourth-order valence-corrected chi connectivity index (χ4v) is 12.2. The summed E-state index contributed by atoms with van der Waals surface area (Å²) in [5, 5.41) is 5.98. The van der Waals surface area contributed by atoms with Crippen molar-refractivity contribution < 1.29 is 33.5 Å². The van der Waals surface area contributed by atoms with Crippen molar-refractivity contribution in [2.24, 2.45) is 17.6 Å². The number of ketones is 2. The Morgan fingerprint density at radius 3 is 2.04 bits per heavy atom. The highest BCUT2D eigenvalue weighted by Crippen LogP contribution is 2.45. The number of primary amides is 1. The Kier molecular flexibility index (Phi) is 16.7. The topological polar surface area (TPSA) is 175 Å².